The Labute approximate surface area is 114 Å². The molecule has 102 valence electrons. The molecule has 0 saturated heterocycles. The van der Waals surface area contributed by atoms with Crippen molar-refractivity contribution in [3.63, 3.8) is 0 Å². The Morgan fingerprint density at radius 3 is 2.26 bits per heavy atom. The van der Waals surface area contributed by atoms with Gasteiger partial charge in [0.2, 0.25) is 0 Å². The van der Waals surface area contributed by atoms with Crippen molar-refractivity contribution in [3.8, 4) is 0 Å². The topological polar surface area (TPSA) is 55.9 Å². The van der Waals surface area contributed by atoms with Crippen LogP contribution in [0.2, 0.25) is 0 Å². The molecule has 0 aliphatic heterocycles. The molecule has 4 nitrogen and oxygen atoms in total. The van der Waals surface area contributed by atoms with Crippen molar-refractivity contribution in [2.45, 2.75) is 33.2 Å². The molecule has 1 unspecified atom stereocenters. The van der Waals surface area contributed by atoms with Gasteiger partial charge >= 0.3 is 0 Å². The van der Waals surface area contributed by atoms with E-state index in [1.165, 1.54) is 16.7 Å². The third-order valence-corrected chi connectivity index (χ3v) is 3.32. The molecule has 1 aromatic heterocycles. The van der Waals surface area contributed by atoms with Gasteiger partial charge in [-0.25, -0.2) is 0 Å². The van der Waals surface area contributed by atoms with E-state index in [-0.39, 0.29) is 6.04 Å². The first kappa shape index (κ1) is 13.8. The molecule has 1 heterocycles. The summed E-state index contributed by atoms with van der Waals surface area (Å²) in [4.78, 5) is 0. The van der Waals surface area contributed by atoms with E-state index in [9.17, 15) is 0 Å². The van der Waals surface area contributed by atoms with Crippen LogP contribution in [0.4, 0.5) is 0 Å². The van der Waals surface area contributed by atoms with E-state index in [0.717, 1.165) is 17.8 Å². The Morgan fingerprint density at radius 2 is 1.79 bits per heavy atom. The van der Waals surface area contributed by atoms with Crippen molar-refractivity contribution in [1.82, 2.24) is 15.2 Å². The van der Waals surface area contributed by atoms with E-state index in [0.29, 0.717) is 0 Å². The van der Waals surface area contributed by atoms with Crippen molar-refractivity contribution < 1.29 is 0 Å². The number of hydrogen-bond donors (Lipinski definition) is 2. The number of nitrogens with zero attached hydrogens (tertiary/aromatic N) is 2. The highest BCUT2D eigenvalue weighted by molar-refractivity contribution is 5.30. The Morgan fingerprint density at radius 1 is 1.16 bits per heavy atom. The van der Waals surface area contributed by atoms with Gasteiger partial charge in [-0.05, 0) is 38.8 Å². The van der Waals surface area contributed by atoms with Gasteiger partial charge in [0.15, 0.2) is 0 Å². The van der Waals surface area contributed by atoms with Crippen LogP contribution in [-0.2, 0) is 13.5 Å². The standard InChI is InChI=1S/C15H22N4/c1-10-5-11(2)7-13(6-10)9-14(17-16)15-8-12(3)18-19(15)4/h5-8,14,17H,9,16H2,1-4H3. The third-order valence-electron chi connectivity index (χ3n) is 3.32. The minimum atomic E-state index is 0.0763. The van der Waals surface area contributed by atoms with Gasteiger partial charge in [-0.15, -0.1) is 0 Å². The number of rotatable bonds is 4. The first-order valence-electron chi connectivity index (χ1n) is 6.53. The monoisotopic (exact) mass is 258 g/mol. The fourth-order valence-corrected chi connectivity index (χ4v) is 2.63. The third kappa shape index (κ3) is 3.22. The summed E-state index contributed by atoms with van der Waals surface area (Å²) in [5.74, 6) is 5.72. The average molecular weight is 258 g/mol. The number of nitrogens with one attached hydrogen (secondary N) is 1. The Balaban J connectivity index is 2.26. The molecule has 0 aliphatic carbocycles. The lowest BCUT2D eigenvalue weighted by molar-refractivity contribution is 0.508. The SMILES string of the molecule is Cc1cc(C)cc(CC(NN)c2cc(C)nn2C)c1. The molecule has 1 atom stereocenters. The van der Waals surface area contributed by atoms with Crippen LogP contribution in [0.3, 0.4) is 0 Å². The number of hydrazine groups is 1. The van der Waals surface area contributed by atoms with E-state index >= 15 is 0 Å². The van der Waals surface area contributed by atoms with Crippen LogP contribution in [0.25, 0.3) is 0 Å². The van der Waals surface area contributed by atoms with Gasteiger partial charge in [0.05, 0.1) is 17.4 Å². The van der Waals surface area contributed by atoms with Gasteiger partial charge in [0.1, 0.15) is 0 Å². The highest BCUT2D eigenvalue weighted by Gasteiger charge is 2.15. The predicted molar refractivity (Wildman–Crippen MR) is 77.6 cm³/mol. The van der Waals surface area contributed by atoms with E-state index in [1.807, 2.05) is 18.7 Å². The molecular formula is C15H22N4. The zero-order valence-corrected chi connectivity index (χ0v) is 12.1. The number of aromatic nitrogens is 2. The Bertz CT molecular complexity index is 551. The fraction of sp³-hybridized carbons (Fsp3) is 0.400. The summed E-state index contributed by atoms with van der Waals surface area (Å²) in [5.41, 5.74) is 8.88. The van der Waals surface area contributed by atoms with Crippen molar-refractivity contribution in [1.29, 1.82) is 0 Å². The summed E-state index contributed by atoms with van der Waals surface area (Å²) >= 11 is 0. The Kier molecular flexibility index (Phi) is 4.02. The summed E-state index contributed by atoms with van der Waals surface area (Å²) in [6.07, 6.45) is 0.859. The maximum Gasteiger partial charge on any atom is 0.0669 e. The molecule has 4 heteroatoms. The smallest absolute Gasteiger partial charge is 0.0669 e. The van der Waals surface area contributed by atoms with Gasteiger partial charge in [0.25, 0.3) is 0 Å². The summed E-state index contributed by atoms with van der Waals surface area (Å²) in [7, 11) is 1.95. The minimum absolute atomic E-state index is 0.0763. The van der Waals surface area contributed by atoms with Crippen molar-refractivity contribution in [2.24, 2.45) is 12.9 Å². The zero-order valence-electron chi connectivity index (χ0n) is 12.1. The number of nitrogens with two attached hydrogens (primary N) is 1. The normalized spacial score (nSPS) is 12.7. The summed E-state index contributed by atoms with van der Waals surface area (Å²) in [5, 5.41) is 4.38. The second-order valence-corrected chi connectivity index (χ2v) is 5.25. The molecule has 0 amide bonds. The van der Waals surface area contributed by atoms with Crippen LogP contribution in [0.1, 0.15) is 34.1 Å². The van der Waals surface area contributed by atoms with E-state index in [2.05, 4.69) is 48.6 Å². The van der Waals surface area contributed by atoms with Crippen LogP contribution < -0.4 is 11.3 Å². The second-order valence-electron chi connectivity index (χ2n) is 5.25. The van der Waals surface area contributed by atoms with E-state index in [1.54, 1.807) is 0 Å². The van der Waals surface area contributed by atoms with Crippen molar-refractivity contribution in [2.75, 3.05) is 0 Å². The summed E-state index contributed by atoms with van der Waals surface area (Å²) < 4.78 is 1.89. The number of benzene rings is 1. The maximum atomic E-state index is 5.72. The molecule has 0 radical (unpaired) electrons. The Hall–Kier alpha value is -1.65. The lowest BCUT2D eigenvalue weighted by Crippen LogP contribution is -2.31. The first-order chi connectivity index (χ1) is 8.99. The van der Waals surface area contributed by atoms with E-state index < -0.39 is 0 Å². The average Bonchev–Trinajstić information content (AvgIpc) is 2.64. The fourth-order valence-electron chi connectivity index (χ4n) is 2.63. The lowest BCUT2D eigenvalue weighted by Gasteiger charge is -2.17. The largest absolute Gasteiger partial charge is 0.271 e. The van der Waals surface area contributed by atoms with Gasteiger partial charge < -0.3 is 0 Å². The number of hydrogen-bond acceptors (Lipinski definition) is 3. The second kappa shape index (κ2) is 5.55. The molecule has 0 aliphatic rings. The van der Waals surface area contributed by atoms with Crippen molar-refractivity contribution in [3.05, 3.63) is 52.3 Å². The summed E-state index contributed by atoms with van der Waals surface area (Å²) in [6.45, 7) is 6.24. The molecular weight excluding hydrogens is 236 g/mol. The van der Waals surface area contributed by atoms with Crippen LogP contribution >= 0.6 is 0 Å². The molecule has 0 fully saturated rings. The minimum Gasteiger partial charge on any atom is -0.271 e. The molecule has 1 aromatic carbocycles. The van der Waals surface area contributed by atoms with Gasteiger partial charge in [-0.2, -0.15) is 5.10 Å². The first-order valence-corrected chi connectivity index (χ1v) is 6.53. The molecule has 2 aromatic rings. The molecule has 2 rings (SSSR count). The molecule has 19 heavy (non-hydrogen) atoms. The quantitative estimate of drug-likeness (QED) is 0.652. The van der Waals surface area contributed by atoms with Crippen LogP contribution in [0, 0.1) is 20.8 Å². The molecule has 0 bridgehead atoms. The van der Waals surface area contributed by atoms with Gasteiger partial charge in [0, 0.05) is 7.05 Å². The molecule has 0 spiro atoms. The van der Waals surface area contributed by atoms with Crippen LogP contribution in [0.15, 0.2) is 24.3 Å². The number of aryl methyl sites for hydroxylation is 4. The van der Waals surface area contributed by atoms with Crippen molar-refractivity contribution >= 4 is 0 Å². The summed E-state index contributed by atoms with van der Waals surface area (Å²) in [6, 6.07) is 8.75. The van der Waals surface area contributed by atoms with Gasteiger partial charge in [-0.3, -0.25) is 16.0 Å². The molecule has 3 N–H and O–H groups in total. The van der Waals surface area contributed by atoms with Crippen LogP contribution in [-0.4, -0.2) is 9.78 Å². The predicted octanol–water partition coefficient (Wildman–Crippen LogP) is 2.09. The molecule has 0 saturated carbocycles. The van der Waals surface area contributed by atoms with Crippen LogP contribution in [0.5, 0.6) is 0 Å². The lowest BCUT2D eigenvalue weighted by atomic mass is 9.99. The zero-order chi connectivity index (χ0) is 14.0. The highest BCUT2D eigenvalue weighted by atomic mass is 15.3. The maximum absolute atomic E-state index is 5.72. The highest BCUT2D eigenvalue weighted by Crippen LogP contribution is 2.20. The van der Waals surface area contributed by atoms with Gasteiger partial charge in [-0.1, -0.05) is 29.3 Å². The van der Waals surface area contributed by atoms with E-state index in [4.69, 9.17) is 5.84 Å².